The fourth-order valence-corrected chi connectivity index (χ4v) is 2.57. The van der Waals surface area contributed by atoms with Gasteiger partial charge in [-0.1, -0.05) is 42.6 Å². The van der Waals surface area contributed by atoms with Crippen molar-refractivity contribution in [3.63, 3.8) is 0 Å². The van der Waals surface area contributed by atoms with Crippen molar-refractivity contribution in [1.82, 2.24) is 5.43 Å². The zero-order valence-corrected chi connectivity index (χ0v) is 16.8. The fraction of sp³-hybridized carbons (Fsp3) is 0.300. The van der Waals surface area contributed by atoms with Crippen molar-refractivity contribution in [2.75, 3.05) is 7.11 Å². The van der Waals surface area contributed by atoms with Gasteiger partial charge in [0.15, 0.2) is 11.5 Å². The van der Waals surface area contributed by atoms with Crippen molar-refractivity contribution < 1.29 is 14.3 Å². The van der Waals surface area contributed by atoms with Crippen LogP contribution in [0.4, 0.5) is 0 Å². The smallest absolute Gasteiger partial charge is 0.240 e. The molecule has 27 heavy (non-hydrogen) atoms. The maximum Gasteiger partial charge on any atom is 0.240 e. The molecule has 2 aromatic rings. The van der Waals surface area contributed by atoms with E-state index in [1.807, 2.05) is 19.1 Å². The van der Waals surface area contributed by atoms with E-state index in [0.29, 0.717) is 34.6 Å². The standard InChI is InChI=1S/C20H22Cl2N2O3/c1-3-4-5-20(25)24-23-12-14-7-9-18(19(11-14)26-2)27-13-15-6-8-16(21)17(22)10-15/h6-12H,3-5,13H2,1-2H3,(H,24,25)/b23-12+. The lowest BCUT2D eigenvalue weighted by Crippen LogP contribution is -2.16. The normalized spacial score (nSPS) is 10.8. The molecule has 0 unspecified atom stereocenters. The van der Waals surface area contributed by atoms with Crippen molar-refractivity contribution in [3.8, 4) is 11.5 Å². The maximum atomic E-state index is 11.5. The van der Waals surface area contributed by atoms with E-state index in [2.05, 4.69) is 10.5 Å². The number of nitrogens with one attached hydrogen (secondary N) is 1. The predicted molar refractivity (Wildman–Crippen MR) is 109 cm³/mol. The molecule has 0 aromatic heterocycles. The summed E-state index contributed by atoms with van der Waals surface area (Å²) < 4.78 is 11.2. The molecule has 0 aliphatic heterocycles. The highest BCUT2D eigenvalue weighted by molar-refractivity contribution is 6.42. The van der Waals surface area contributed by atoms with Crippen LogP contribution in [0.25, 0.3) is 0 Å². The van der Waals surface area contributed by atoms with Crippen molar-refractivity contribution >= 4 is 35.3 Å². The first-order chi connectivity index (χ1) is 13.0. The third-order valence-electron chi connectivity index (χ3n) is 3.73. The van der Waals surface area contributed by atoms with Crippen LogP contribution in [0, 0.1) is 0 Å². The van der Waals surface area contributed by atoms with Crippen molar-refractivity contribution in [2.45, 2.75) is 32.8 Å². The zero-order valence-electron chi connectivity index (χ0n) is 15.3. The first kappa shape index (κ1) is 21.1. The van der Waals surface area contributed by atoms with Gasteiger partial charge in [-0.3, -0.25) is 4.79 Å². The maximum absolute atomic E-state index is 11.5. The molecular formula is C20H22Cl2N2O3. The Balaban J connectivity index is 1.98. The van der Waals surface area contributed by atoms with Crippen LogP contribution in [0.2, 0.25) is 10.0 Å². The lowest BCUT2D eigenvalue weighted by molar-refractivity contribution is -0.121. The molecule has 7 heteroatoms. The van der Waals surface area contributed by atoms with Crippen molar-refractivity contribution in [3.05, 3.63) is 57.6 Å². The van der Waals surface area contributed by atoms with Gasteiger partial charge in [0.05, 0.1) is 23.4 Å². The van der Waals surface area contributed by atoms with E-state index < -0.39 is 0 Å². The SMILES string of the molecule is CCCCC(=O)N/N=C/c1ccc(OCc2ccc(Cl)c(Cl)c2)c(OC)c1. The Bertz CT molecular complexity index is 810. The molecule has 0 aliphatic carbocycles. The molecule has 0 radical (unpaired) electrons. The Kier molecular flexibility index (Phi) is 8.43. The molecule has 0 bridgehead atoms. The molecule has 144 valence electrons. The first-order valence-corrected chi connectivity index (χ1v) is 9.35. The number of halogens is 2. The zero-order chi connectivity index (χ0) is 19.6. The van der Waals surface area contributed by atoms with Gasteiger partial charge in [0, 0.05) is 6.42 Å². The van der Waals surface area contributed by atoms with E-state index >= 15 is 0 Å². The minimum Gasteiger partial charge on any atom is -0.493 e. The molecule has 0 atom stereocenters. The summed E-state index contributed by atoms with van der Waals surface area (Å²) in [7, 11) is 1.56. The van der Waals surface area contributed by atoms with E-state index in [0.717, 1.165) is 24.0 Å². The highest BCUT2D eigenvalue weighted by atomic mass is 35.5. The fourth-order valence-electron chi connectivity index (χ4n) is 2.25. The average molecular weight is 409 g/mol. The molecular weight excluding hydrogens is 387 g/mol. The molecule has 0 saturated carbocycles. The number of hydrogen-bond acceptors (Lipinski definition) is 4. The number of hydrogen-bond donors (Lipinski definition) is 1. The molecule has 0 fully saturated rings. The molecule has 0 heterocycles. The molecule has 2 rings (SSSR count). The molecule has 0 spiro atoms. The second kappa shape index (κ2) is 10.8. The number of benzene rings is 2. The predicted octanol–water partition coefficient (Wildman–Crippen LogP) is 5.22. The van der Waals surface area contributed by atoms with Gasteiger partial charge in [-0.15, -0.1) is 0 Å². The highest BCUT2D eigenvalue weighted by Crippen LogP contribution is 2.29. The Morgan fingerprint density at radius 2 is 1.96 bits per heavy atom. The lowest BCUT2D eigenvalue weighted by Gasteiger charge is -2.11. The molecule has 5 nitrogen and oxygen atoms in total. The quantitative estimate of drug-likeness (QED) is 0.456. The van der Waals surface area contributed by atoms with Gasteiger partial charge in [0.25, 0.3) is 0 Å². The first-order valence-electron chi connectivity index (χ1n) is 8.60. The third kappa shape index (κ3) is 6.77. The topological polar surface area (TPSA) is 59.9 Å². The number of amides is 1. The van der Waals surface area contributed by atoms with Crippen LogP contribution in [0.3, 0.4) is 0 Å². The van der Waals surface area contributed by atoms with Crippen molar-refractivity contribution in [2.24, 2.45) is 5.10 Å². The number of rotatable bonds is 9. The minimum atomic E-state index is -0.0957. The summed E-state index contributed by atoms with van der Waals surface area (Å²) >= 11 is 11.9. The number of hydrazone groups is 1. The van der Waals surface area contributed by atoms with Gasteiger partial charge in [-0.05, 0) is 47.9 Å². The highest BCUT2D eigenvalue weighted by Gasteiger charge is 2.07. The van der Waals surface area contributed by atoms with E-state index in [1.54, 1.807) is 37.6 Å². The van der Waals surface area contributed by atoms with E-state index in [1.165, 1.54) is 0 Å². The molecule has 0 saturated heterocycles. The van der Waals surface area contributed by atoms with Gasteiger partial charge >= 0.3 is 0 Å². The monoisotopic (exact) mass is 408 g/mol. The van der Waals surface area contributed by atoms with E-state index in [9.17, 15) is 4.79 Å². The average Bonchev–Trinajstić information content (AvgIpc) is 2.67. The Hall–Kier alpha value is -2.24. The Morgan fingerprint density at radius 1 is 1.15 bits per heavy atom. The summed E-state index contributed by atoms with van der Waals surface area (Å²) in [6, 6.07) is 10.7. The van der Waals surface area contributed by atoms with E-state index in [-0.39, 0.29) is 5.91 Å². The van der Waals surface area contributed by atoms with Crippen molar-refractivity contribution in [1.29, 1.82) is 0 Å². The summed E-state index contributed by atoms with van der Waals surface area (Å²) in [5.74, 6) is 1.06. The van der Waals surface area contributed by atoms with Crippen LogP contribution >= 0.6 is 23.2 Å². The molecule has 0 aliphatic rings. The van der Waals surface area contributed by atoms with Crippen LogP contribution < -0.4 is 14.9 Å². The van der Waals surface area contributed by atoms with Crippen LogP contribution in [0.5, 0.6) is 11.5 Å². The number of unbranched alkanes of at least 4 members (excludes halogenated alkanes) is 1. The van der Waals surface area contributed by atoms with E-state index in [4.69, 9.17) is 32.7 Å². The minimum absolute atomic E-state index is 0.0957. The number of carbonyl (C=O) groups excluding carboxylic acids is 1. The summed E-state index contributed by atoms with van der Waals surface area (Å²) in [5.41, 5.74) is 4.19. The van der Waals surface area contributed by atoms with Crippen LogP contribution in [0.1, 0.15) is 37.3 Å². The Morgan fingerprint density at radius 3 is 2.67 bits per heavy atom. The Labute approximate surface area is 169 Å². The number of nitrogens with zero attached hydrogens (tertiary/aromatic N) is 1. The molecule has 2 aromatic carbocycles. The van der Waals surface area contributed by atoms with Gasteiger partial charge in [-0.2, -0.15) is 5.10 Å². The number of methoxy groups -OCH3 is 1. The second-order valence-corrected chi connectivity index (χ2v) is 6.66. The van der Waals surface area contributed by atoms with Gasteiger partial charge in [0.2, 0.25) is 5.91 Å². The number of ether oxygens (including phenoxy) is 2. The van der Waals surface area contributed by atoms with Gasteiger partial charge < -0.3 is 9.47 Å². The van der Waals surface area contributed by atoms with Gasteiger partial charge in [-0.25, -0.2) is 5.43 Å². The van der Waals surface area contributed by atoms with Crippen LogP contribution in [0.15, 0.2) is 41.5 Å². The lowest BCUT2D eigenvalue weighted by atomic mass is 10.2. The van der Waals surface area contributed by atoms with Gasteiger partial charge in [0.1, 0.15) is 6.61 Å². The molecule has 1 N–H and O–H groups in total. The second-order valence-electron chi connectivity index (χ2n) is 5.84. The summed E-state index contributed by atoms with van der Waals surface area (Å²) in [4.78, 5) is 11.5. The summed E-state index contributed by atoms with van der Waals surface area (Å²) in [6.45, 7) is 2.36. The molecule has 1 amide bonds. The van der Waals surface area contributed by atoms with Crippen LogP contribution in [-0.4, -0.2) is 19.2 Å². The number of carbonyl (C=O) groups is 1. The summed E-state index contributed by atoms with van der Waals surface area (Å²) in [6.07, 6.45) is 3.85. The largest absolute Gasteiger partial charge is 0.493 e. The third-order valence-corrected chi connectivity index (χ3v) is 4.47. The van der Waals surface area contributed by atoms with Crippen LogP contribution in [-0.2, 0) is 11.4 Å². The summed E-state index contributed by atoms with van der Waals surface area (Å²) in [5, 5.41) is 4.95.